The predicted octanol–water partition coefficient (Wildman–Crippen LogP) is 1.78. The Balaban J connectivity index is 3.06. The molecular weight excluding hydrogens is 194 g/mol. The van der Waals surface area contributed by atoms with Crippen LogP contribution in [0.15, 0.2) is 18.2 Å². The van der Waals surface area contributed by atoms with Crippen molar-refractivity contribution in [2.24, 2.45) is 5.73 Å². The van der Waals surface area contributed by atoms with Crippen molar-refractivity contribution < 1.29 is 0 Å². The molecule has 0 heterocycles. The van der Waals surface area contributed by atoms with Crippen LogP contribution < -0.4 is 11.1 Å². The number of anilines is 1. The Labute approximate surface area is 88.5 Å². The molecule has 0 fully saturated rings. The van der Waals surface area contributed by atoms with Crippen LogP contribution in [0.4, 0.5) is 5.69 Å². The van der Waals surface area contributed by atoms with E-state index in [4.69, 9.17) is 23.2 Å². The third kappa shape index (κ3) is 2.44. The van der Waals surface area contributed by atoms with Crippen molar-refractivity contribution in [3.8, 4) is 6.07 Å². The lowest BCUT2D eigenvalue weighted by Crippen LogP contribution is -2.19. The van der Waals surface area contributed by atoms with Crippen molar-refractivity contribution in [2.75, 3.05) is 5.32 Å². The molecule has 1 rings (SSSR count). The number of nitriles is 1. The second kappa shape index (κ2) is 4.58. The highest BCUT2D eigenvalue weighted by Crippen LogP contribution is 2.17. The topological polar surface area (TPSA) is 61.8 Å². The molecule has 0 atom stereocenters. The van der Waals surface area contributed by atoms with Crippen LogP contribution in [0, 0.1) is 11.3 Å². The van der Waals surface area contributed by atoms with Gasteiger partial charge < -0.3 is 11.1 Å². The summed E-state index contributed by atoms with van der Waals surface area (Å²) in [4.78, 5) is 0. The number of thiocarbonyl (C=S) groups is 1. The number of aryl methyl sites for hydroxylation is 1. The summed E-state index contributed by atoms with van der Waals surface area (Å²) in [6, 6.07) is 7.48. The van der Waals surface area contributed by atoms with Gasteiger partial charge in [-0.2, -0.15) is 5.26 Å². The molecule has 1 aromatic rings. The quantitative estimate of drug-likeness (QED) is 0.722. The van der Waals surface area contributed by atoms with Gasteiger partial charge in [0.1, 0.15) is 0 Å². The summed E-state index contributed by atoms with van der Waals surface area (Å²) in [6.07, 6.45) is 0.834. The van der Waals surface area contributed by atoms with Crippen LogP contribution >= 0.6 is 12.2 Å². The van der Waals surface area contributed by atoms with E-state index in [-0.39, 0.29) is 5.11 Å². The van der Waals surface area contributed by atoms with Crippen LogP contribution in [0.5, 0.6) is 0 Å². The van der Waals surface area contributed by atoms with E-state index in [0.717, 1.165) is 17.7 Å². The van der Waals surface area contributed by atoms with Gasteiger partial charge in [0, 0.05) is 5.69 Å². The molecule has 4 heteroatoms. The molecule has 0 spiro atoms. The molecule has 3 nitrogen and oxygen atoms in total. The Morgan fingerprint density at radius 1 is 1.64 bits per heavy atom. The number of nitrogens with two attached hydrogens (primary N) is 1. The second-order valence-electron chi connectivity index (χ2n) is 2.83. The highest BCUT2D eigenvalue weighted by molar-refractivity contribution is 7.80. The number of nitrogens with one attached hydrogen (secondary N) is 1. The molecule has 1 aromatic carbocycles. The minimum Gasteiger partial charge on any atom is -0.376 e. The third-order valence-corrected chi connectivity index (χ3v) is 1.98. The Morgan fingerprint density at radius 2 is 2.36 bits per heavy atom. The van der Waals surface area contributed by atoms with E-state index < -0.39 is 0 Å². The summed E-state index contributed by atoms with van der Waals surface area (Å²) in [5.74, 6) is 0. The smallest absolute Gasteiger partial charge is 0.168 e. The summed E-state index contributed by atoms with van der Waals surface area (Å²) in [5.41, 5.74) is 7.94. The molecule has 3 N–H and O–H groups in total. The third-order valence-electron chi connectivity index (χ3n) is 1.87. The summed E-state index contributed by atoms with van der Waals surface area (Å²) >= 11 is 4.75. The van der Waals surface area contributed by atoms with Gasteiger partial charge in [-0.3, -0.25) is 0 Å². The fourth-order valence-electron chi connectivity index (χ4n) is 1.21. The van der Waals surface area contributed by atoms with Crippen LogP contribution in [-0.4, -0.2) is 5.11 Å². The first-order valence-corrected chi connectivity index (χ1v) is 4.67. The van der Waals surface area contributed by atoms with Crippen molar-refractivity contribution in [2.45, 2.75) is 13.3 Å². The van der Waals surface area contributed by atoms with Crippen LogP contribution in [-0.2, 0) is 6.42 Å². The minimum absolute atomic E-state index is 0.240. The fraction of sp³-hybridized carbons (Fsp3) is 0.200. The Hall–Kier alpha value is -1.60. The normalized spacial score (nSPS) is 9.14. The lowest BCUT2D eigenvalue weighted by atomic mass is 10.1. The summed E-state index contributed by atoms with van der Waals surface area (Å²) in [7, 11) is 0. The average molecular weight is 205 g/mol. The van der Waals surface area contributed by atoms with E-state index in [1.165, 1.54) is 0 Å². The highest BCUT2D eigenvalue weighted by atomic mass is 32.1. The highest BCUT2D eigenvalue weighted by Gasteiger charge is 2.02. The molecule has 72 valence electrons. The molecule has 14 heavy (non-hydrogen) atoms. The van der Waals surface area contributed by atoms with Crippen molar-refractivity contribution in [3.05, 3.63) is 29.3 Å². The van der Waals surface area contributed by atoms with Crippen LogP contribution in [0.2, 0.25) is 0 Å². The van der Waals surface area contributed by atoms with Gasteiger partial charge in [-0.15, -0.1) is 0 Å². The van der Waals surface area contributed by atoms with E-state index >= 15 is 0 Å². The van der Waals surface area contributed by atoms with Crippen molar-refractivity contribution >= 4 is 23.0 Å². The van der Waals surface area contributed by atoms with Gasteiger partial charge in [0.15, 0.2) is 5.11 Å². The maximum Gasteiger partial charge on any atom is 0.168 e. The molecule has 0 aromatic heterocycles. The molecule has 0 saturated carbocycles. The van der Waals surface area contributed by atoms with Crippen LogP contribution in [0.25, 0.3) is 0 Å². The zero-order valence-corrected chi connectivity index (χ0v) is 8.69. The Kier molecular flexibility index (Phi) is 3.43. The molecule has 0 unspecified atom stereocenters. The van der Waals surface area contributed by atoms with E-state index in [0.29, 0.717) is 5.56 Å². The zero-order chi connectivity index (χ0) is 10.6. The standard InChI is InChI=1S/C10H11N3S/c1-2-8-5-7(6-11)3-4-9(8)13-10(12)14/h3-5H,2H2,1H3,(H3,12,13,14). The molecule has 0 radical (unpaired) electrons. The fourth-order valence-corrected chi connectivity index (χ4v) is 1.32. The summed E-state index contributed by atoms with van der Waals surface area (Å²) in [6.45, 7) is 2.02. The van der Waals surface area contributed by atoms with Crippen LogP contribution in [0.3, 0.4) is 0 Å². The second-order valence-corrected chi connectivity index (χ2v) is 3.27. The number of rotatable bonds is 2. The van der Waals surface area contributed by atoms with Gasteiger partial charge >= 0.3 is 0 Å². The minimum atomic E-state index is 0.240. The average Bonchev–Trinajstić information content (AvgIpc) is 2.17. The summed E-state index contributed by atoms with van der Waals surface area (Å²) in [5, 5.41) is 11.8. The largest absolute Gasteiger partial charge is 0.376 e. The number of benzene rings is 1. The van der Waals surface area contributed by atoms with E-state index in [1.54, 1.807) is 6.07 Å². The first-order valence-electron chi connectivity index (χ1n) is 4.27. The molecule has 0 aliphatic carbocycles. The van der Waals surface area contributed by atoms with Gasteiger partial charge in [-0.1, -0.05) is 6.92 Å². The zero-order valence-electron chi connectivity index (χ0n) is 7.87. The maximum atomic E-state index is 8.71. The van der Waals surface area contributed by atoms with E-state index in [2.05, 4.69) is 11.4 Å². The van der Waals surface area contributed by atoms with Crippen LogP contribution in [0.1, 0.15) is 18.1 Å². The van der Waals surface area contributed by atoms with Crippen molar-refractivity contribution in [1.29, 1.82) is 5.26 Å². The maximum absolute atomic E-state index is 8.71. The number of hydrogen-bond donors (Lipinski definition) is 2. The van der Waals surface area contributed by atoms with E-state index in [1.807, 2.05) is 19.1 Å². The molecule has 0 aliphatic heterocycles. The lowest BCUT2D eigenvalue weighted by molar-refractivity contribution is 1.14. The van der Waals surface area contributed by atoms with Gasteiger partial charge in [-0.05, 0) is 42.4 Å². The van der Waals surface area contributed by atoms with E-state index in [9.17, 15) is 0 Å². The molecule has 0 aliphatic rings. The monoisotopic (exact) mass is 205 g/mol. The number of nitrogens with zero attached hydrogens (tertiary/aromatic N) is 1. The number of hydrogen-bond acceptors (Lipinski definition) is 2. The van der Waals surface area contributed by atoms with Crippen molar-refractivity contribution in [3.63, 3.8) is 0 Å². The van der Waals surface area contributed by atoms with Crippen molar-refractivity contribution in [1.82, 2.24) is 0 Å². The molecule has 0 bridgehead atoms. The van der Waals surface area contributed by atoms with Gasteiger partial charge in [0.2, 0.25) is 0 Å². The molecular formula is C10H11N3S. The van der Waals surface area contributed by atoms with Gasteiger partial charge in [0.05, 0.1) is 11.6 Å². The molecule has 0 saturated heterocycles. The Bertz CT molecular complexity index is 393. The first-order chi connectivity index (χ1) is 6.67. The van der Waals surface area contributed by atoms with Gasteiger partial charge in [0.25, 0.3) is 0 Å². The lowest BCUT2D eigenvalue weighted by Gasteiger charge is -2.09. The SMILES string of the molecule is CCc1cc(C#N)ccc1NC(N)=S. The molecule has 0 amide bonds. The van der Waals surface area contributed by atoms with Gasteiger partial charge in [-0.25, -0.2) is 0 Å². The Morgan fingerprint density at radius 3 is 2.86 bits per heavy atom. The predicted molar refractivity (Wildman–Crippen MR) is 60.9 cm³/mol. The first kappa shape index (κ1) is 10.5. The summed E-state index contributed by atoms with van der Waals surface area (Å²) < 4.78 is 0.